The molecule has 0 saturated heterocycles. The molecule has 0 spiro atoms. The van der Waals surface area contributed by atoms with Crippen molar-refractivity contribution in [2.45, 2.75) is 0 Å². The van der Waals surface area contributed by atoms with E-state index in [1.54, 1.807) is 12.1 Å². The fourth-order valence-electron chi connectivity index (χ4n) is 1.74. The maximum Gasteiger partial charge on any atom is 0.269 e. The van der Waals surface area contributed by atoms with E-state index >= 15 is 0 Å². The van der Waals surface area contributed by atoms with Gasteiger partial charge in [0.1, 0.15) is 18.1 Å². The molecule has 0 aliphatic rings. The molecule has 1 amide bonds. The second kappa shape index (κ2) is 6.51. The summed E-state index contributed by atoms with van der Waals surface area (Å²) in [6, 6.07) is 8.91. The van der Waals surface area contributed by atoms with Crippen molar-refractivity contribution in [2.75, 3.05) is 19.4 Å². The van der Waals surface area contributed by atoms with Gasteiger partial charge in [-0.05, 0) is 30.3 Å². The number of nitrogen functional groups attached to an aromatic ring is 1. The molecule has 0 bridgehead atoms. The van der Waals surface area contributed by atoms with Gasteiger partial charge in [-0.1, -0.05) is 12.7 Å². The van der Waals surface area contributed by atoms with Crippen LogP contribution in [0.2, 0.25) is 0 Å². The van der Waals surface area contributed by atoms with Crippen LogP contribution >= 0.6 is 0 Å². The Morgan fingerprint density at radius 2 is 2.10 bits per heavy atom. The van der Waals surface area contributed by atoms with Crippen LogP contribution < -0.4 is 15.8 Å². The number of nitrogens with two attached hydrogens (primary N) is 1. The smallest absolute Gasteiger partial charge is 0.269 e. The number of amides is 1. The molecule has 1 heterocycles. The van der Waals surface area contributed by atoms with E-state index in [1.165, 1.54) is 7.05 Å². The topological polar surface area (TPSA) is 90.1 Å². The Kier molecular flexibility index (Phi) is 4.50. The molecule has 0 fully saturated rings. The number of nitrogens with one attached hydrogen (secondary N) is 1. The molecule has 6 heteroatoms. The van der Waals surface area contributed by atoms with Crippen molar-refractivity contribution in [1.82, 2.24) is 15.3 Å². The summed E-state index contributed by atoms with van der Waals surface area (Å²) in [4.78, 5) is 19.7. The van der Waals surface area contributed by atoms with Crippen LogP contribution in [0.25, 0.3) is 11.3 Å². The molecule has 1 aromatic carbocycles. The van der Waals surface area contributed by atoms with Crippen molar-refractivity contribution < 1.29 is 9.53 Å². The van der Waals surface area contributed by atoms with E-state index in [9.17, 15) is 4.79 Å². The van der Waals surface area contributed by atoms with Crippen LogP contribution in [0, 0.1) is 0 Å². The number of hydrogen-bond acceptors (Lipinski definition) is 5. The number of carbonyl (C=O) groups is 1. The fourth-order valence-corrected chi connectivity index (χ4v) is 1.74. The average Bonchev–Trinajstić information content (AvgIpc) is 2.52. The van der Waals surface area contributed by atoms with Gasteiger partial charge in [0.25, 0.3) is 5.91 Å². The fraction of sp³-hybridized carbons (Fsp3) is 0.133. The van der Waals surface area contributed by atoms with Gasteiger partial charge in [0.2, 0.25) is 5.95 Å². The molecule has 0 unspecified atom stereocenters. The summed E-state index contributed by atoms with van der Waals surface area (Å²) < 4.78 is 5.41. The maximum absolute atomic E-state index is 11.6. The Morgan fingerprint density at radius 1 is 1.38 bits per heavy atom. The van der Waals surface area contributed by atoms with Gasteiger partial charge in [0.15, 0.2) is 0 Å². The molecule has 6 nitrogen and oxygen atoms in total. The molecule has 1 aromatic heterocycles. The summed E-state index contributed by atoms with van der Waals surface area (Å²) in [5, 5.41) is 2.51. The van der Waals surface area contributed by atoms with Crippen LogP contribution in [0.3, 0.4) is 0 Å². The lowest BCUT2D eigenvalue weighted by Crippen LogP contribution is -2.20. The summed E-state index contributed by atoms with van der Waals surface area (Å²) in [5.41, 5.74) is 7.28. The van der Waals surface area contributed by atoms with Crippen molar-refractivity contribution in [3.63, 3.8) is 0 Å². The van der Waals surface area contributed by atoms with Gasteiger partial charge in [0.05, 0.1) is 5.69 Å². The van der Waals surface area contributed by atoms with Crippen LogP contribution in [0.4, 0.5) is 5.95 Å². The average molecular weight is 284 g/mol. The number of hydrogen-bond donors (Lipinski definition) is 2. The Hall–Kier alpha value is -2.89. The van der Waals surface area contributed by atoms with Gasteiger partial charge >= 0.3 is 0 Å². The van der Waals surface area contributed by atoms with Crippen molar-refractivity contribution in [3.05, 3.63) is 48.7 Å². The van der Waals surface area contributed by atoms with Crippen molar-refractivity contribution in [1.29, 1.82) is 0 Å². The molecule has 21 heavy (non-hydrogen) atoms. The molecule has 0 saturated carbocycles. The maximum atomic E-state index is 11.6. The second-order valence-corrected chi connectivity index (χ2v) is 4.20. The Bertz CT molecular complexity index is 653. The first-order valence-corrected chi connectivity index (χ1v) is 6.35. The number of carbonyl (C=O) groups excluding carboxylic acids is 1. The van der Waals surface area contributed by atoms with Crippen molar-refractivity contribution in [3.8, 4) is 17.0 Å². The van der Waals surface area contributed by atoms with E-state index in [-0.39, 0.29) is 17.5 Å². The monoisotopic (exact) mass is 284 g/mol. The van der Waals surface area contributed by atoms with E-state index in [4.69, 9.17) is 10.5 Å². The number of benzene rings is 1. The summed E-state index contributed by atoms with van der Waals surface area (Å²) >= 11 is 0. The second-order valence-electron chi connectivity index (χ2n) is 4.20. The van der Waals surface area contributed by atoms with Gasteiger partial charge in [-0.15, -0.1) is 0 Å². The highest BCUT2D eigenvalue weighted by molar-refractivity contribution is 5.93. The quantitative estimate of drug-likeness (QED) is 0.815. The molecular weight excluding hydrogens is 268 g/mol. The summed E-state index contributed by atoms with van der Waals surface area (Å²) in [7, 11) is 1.53. The third-order valence-electron chi connectivity index (χ3n) is 2.72. The number of ether oxygens (including phenoxy) is 1. The molecule has 0 atom stereocenters. The summed E-state index contributed by atoms with van der Waals surface area (Å²) in [6.45, 7) is 4.04. The molecule has 0 aliphatic heterocycles. The first-order chi connectivity index (χ1) is 10.1. The molecule has 2 rings (SSSR count). The van der Waals surface area contributed by atoms with Crippen LogP contribution in [0.15, 0.2) is 43.0 Å². The molecule has 0 radical (unpaired) electrons. The van der Waals surface area contributed by atoms with Crippen LogP contribution in [0.1, 0.15) is 10.5 Å². The minimum atomic E-state index is -0.309. The molecular formula is C15H16N4O2. The lowest BCUT2D eigenvalue weighted by molar-refractivity contribution is 0.0958. The van der Waals surface area contributed by atoms with Gasteiger partial charge in [-0.3, -0.25) is 4.79 Å². The Morgan fingerprint density at radius 3 is 2.71 bits per heavy atom. The SMILES string of the molecule is C=CCOc1ccc(-c2cc(C(=O)NC)nc(N)n2)cc1. The summed E-state index contributed by atoms with van der Waals surface area (Å²) in [5.74, 6) is 0.474. The highest BCUT2D eigenvalue weighted by Crippen LogP contribution is 2.22. The molecule has 0 aliphatic carbocycles. The number of aromatic nitrogens is 2. The lowest BCUT2D eigenvalue weighted by atomic mass is 10.1. The standard InChI is InChI=1S/C15H16N4O2/c1-3-8-21-11-6-4-10(5-7-11)12-9-13(14(20)17-2)19-15(16)18-12/h3-7,9H,1,8H2,2H3,(H,17,20)(H2,16,18,19). The third kappa shape index (κ3) is 3.56. The van der Waals surface area contributed by atoms with E-state index in [1.807, 2.05) is 24.3 Å². The number of rotatable bonds is 5. The van der Waals surface area contributed by atoms with E-state index in [0.717, 1.165) is 11.3 Å². The highest BCUT2D eigenvalue weighted by atomic mass is 16.5. The number of anilines is 1. The van der Waals surface area contributed by atoms with Gasteiger partial charge in [-0.2, -0.15) is 0 Å². The van der Waals surface area contributed by atoms with E-state index in [0.29, 0.717) is 12.3 Å². The highest BCUT2D eigenvalue weighted by Gasteiger charge is 2.10. The van der Waals surface area contributed by atoms with Gasteiger partial charge in [0, 0.05) is 12.6 Å². The van der Waals surface area contributed by atoms with Crippen LogP contribution in [-0.4, -0.2) is 29.5 Å². The van der Waals surface area contributed by atoms with Crippen molar-refractivity contribution in [2.24, 2.45) is 0 Å². The zero-order valence-electron chi connectivity index (χ0n) is 11.7. The molecule has 3 N–H and O–H groups in total. The minimum Gasteiger partial charge on any atom is -0.490 e. The van der Waals surface area contributed by atoms with Gasteiger partial charge < -0.3 is 15.8 Å². The zero-order valence-corrected chi connectivity index (χ0v) is 11.7. The predicted octanol–water partition coefficient (Wildman–Crippen LogP) is 1.65. The van der Waals surface area contributed by atoms with Gasteiger partial charge in [-0.25, -0.2) is 9.97 Å². The largest absolute Gasteiger partial charge is 0.490 e. The predicted molar refractivity (Wildman–Crippen MR) is 81.0 cm³/mol. The minimum absolute atomic E-state index is 0.0538. The van der Waals surface area contributed by atoms with E-state index < -0.39 is 0 Å². The Balaban J connectivity index is 2.30. The molecule has 2 aromatic rings. The third-order valence-corrected chi connectivity index (χ3v) is 2.72. The van der Waals surface area contributed by atoms with Crippen molar-refractivity contribution >= 4 is 11.9 Å². The van der Waals surface area contributed by atoms with Crippen LogP contribution in [0.5, 0.6) is 5.75 Å². The molecule has 108 valence electrons. The van der Waals surface area contributed by atoms with Crippen LogP contribution in [-0.2, 0) is 0 Å². The normalized spacial score (nSPS) is 9.95. The van der Waals surface area contributed by atoms with E-state index in [2.05, 4.69) is 21.9 Å². The first kappa shape index (κ1) is 14.5. The first-order valence-electron chi connectivity index (χ1n) is 6.35. The lowest BCUT2D eigenvalue weighted by Gasteiger charge is -2.07. The Labute approximate surface area is 122 Å². The summed E-state index contributed by atoms with van der Waals surface area (Å²) in [6.07, 6.45) is 1.68. The zero-order chi connectivity index (χ0) is 15.2. The number of nitrogens with zero attached hydrogens (tertiary/aromatic N) is 2.